The van der Waals surface area contributed by atoms with Crippen LogP contribution in [-0.4, -0.2) is 18.1 Å². The fraction of sp³-hybridized carbons (Fsp3) is 0.0526. The highest BCUT2D eigenvalue weighted by Gasteiger charge is 2.20. The largest absolute Gasteiger partial charge is 0.465 e. The number of anilines is 1. The predicted octanol–water partition coefficient (Wildman–Crippen LogP) is 3.78. The van der Waals surface area contributed by atoms with E-state index in [1.54, 1.807) is 0 Å². The van der Waals surface area contributed by atoms with Gasteiger partial charge in [0.25, 0.3) is 0 Å². The Morgan fingerprint density at radius 1 is 0.957 bits per heavy atom. The van der Waals surface area contributed by atoms with Crippen LogP contribution in [0.1, 0.15) is 10.4 Å². The van der Waals surface area contributed by atoms with E-state index in [0.29, 0.717) is 11.1 Å². The molecule has 4 heteroatoms. The van der Waals surface area contributed by atoms with Crippen molar-refractivity contribution < 1.29 is 9.53 Å². The van der Waals surface area contributed by atoms with Crippen LogP contribution in [-0.2, 0) is 4.74 Å². The fourth-order valence-electron chi connectivity index (χ4n) is 2.48. The van der Waals surface area contributed by atoms with E-state index in [0.717, 1.165) is 16.8 Å². The minimum atomic E-state index is -0.492. The van der Waals surface area contributed by atoms with Crippen molar-refractivity contribution in [3.8, 4) is 22.4 Å². The molecule has 0 atom stereocenters. The normalized spacial score (nSPS) is 10.3. The van der Waals surface area contributed by atoms with Gasteiger partial charge >= 0.3 is 5.97 Å². The third-order valence-corrected chi connectivity index (χ3v) is 3.59. The van der Waals surface area contributed by atoms with Gasteiger partial charge in [-0.1, -0.05) is 60.7 Å². The molecule has 114 valence electrons. The van der Waals surface area contributed by atoms with Crippen molar-refractivity contribution in [2.24, 2.45) is 0 Å². The second-order valence-corrected chi connectivity index (χ2v) is 5.04. The second kappa shape index (κ2) is 6.32. The molecule has 0 amide bonds. The van der Waals surface area contributed by atoms with E-state index in [-0.39, 0.29) is 5.82 Å². The van der Waals surface area contributed by atoms with Crippen molar-refractivity contribution in [2.75, 3.05) is 12.8 Å². The van der Waals surface area contributed by atoms with Gasteiger partial charge in [-0.25, -0.2) is 9.78 Å². The highest BCUT2D eigenvalue weighted by Crippen LogP contribution is 2.31. The second-order valence-electron chi connectivity index (χ2n) is 5.04. The van der Waals surface area contributed by atoms with Gasteiger partial charge in [-0.05, 0) is 11.6 Å². The molecule has 1 heterocycles. The molecule has 0 saturated carbocycles. The molecule has 0 unspecified atom stereocenters. The maximum atomic E-state index is 12.1. The average Bonchev–Trinajstić information content (AvgIpc) is 2.62. The topological polar surface area (TPSA) is 65.2 Å². The summed E-state index contributed by atoms with van der Waals surface area (Å²) in [6, 6.07) is 21.2. The molecule has 0 aliphatic carbocycles. The van der Waals surface area contributed by atoms with Gasteiger partial charge in [-0.15, -0.1) is 0 Å². The summed E-state index contributed by atoms with van der Waals surface area (Å²) < 4.78 is 4.87. The Balaban J connectivity index is 2.25. The molecule has 0 aliphatic heterocycles. The molecule has 0 bridgehead atoms. The van der Waals surface area contributed by atoms with E-state index in [4.69, 9.17) is 10.5 Å². The standard InChI is InChI=1S/C19H16N2O2/c1-23-19(22)17-15(13-8-4-2-5-9-13)12-16(21-18(17)20)14-10-6-3-7-11-14/h2-12H,1H3,(H2,20,21). The Kier molecular flexibility index (Phi) is 4.06. The van der Waals surface area contributed by atoms with Crippen LogP contribution in [0.15, 0.2) is 66.7 Å². The summed E-state index contributed by atoms with van der Waals surface area (Å²) in [5.41, 5.74) is 9.61. The Labute approximate surface area is 134 Å². The lowest BCUT2D eigenvalue weighted by Crippen LogP contribution is -2.10. The molecule has 0 radical (unpaired) electrons. The summed E-state index contributed by atoms with van der Waals surface area (Å²) in [5, 5.41) is 0. The van der Waals surface area contributed by atoms with Gasteiger partial charge in [0.05, 0.1) is 12.8 Å². The van der Waals surface area contributed by atoms with Gasteiger partial charge in [-0.2, -0.15) is 0 Å². The average molecular weight is 304 g/mol. The number of nitrogen functional groups attached to an aromatic ring is 1. The van der Waals surface area contributed by atoms with Crippen LogP contribution in [0, 0.1) is 0 Å². The first-order valence-corrected chi connectivity index (χ1v) is 7.20. The van der Waals surface area contributed by atoms with Crippen LogP contribution >= 0.6 is 0 Å². The molecule has 0 spiro atoms. The third kappa shape index (κ3) is 2.92. The molecule has 3 rings (SSSR count). The predicted molar refractivity (Wildman–Crippen MR) is 90.9 cm³/mol. The SMILES string of the molecule is COC(=O)c1c(-c2ccccc2)cc(-c2ccccc2)nc1N. The van der Waals surface area contributed by atoms with E-state index in [9.17, 15) is 4.79 Å². The van der Waals surface area contributed by atoms with Gasteiger partial charge in [0.2, 0.25) is 0 Å². The van der Waals surface area contributed by atoms with Crippen molar-refractivity contribution in [3.63, 3.8) is 0 Å². The first-order valence-electron chi connectivity index (χ1n) is 7.20. The van der Waals surface area contributed by atoms with Gasteiger partial charge in [0, 0.05) is 11.1 Å². The number of pyridine rings is 1. The molecule has 1 aromatic heterocycles. The molecule has 23 heavy (non-hydrogen) atoms. The number of carbonyl (C=O) groups excluding carboxylic acids is 1. The number of aromatic nitrogens is 1. The van der Waals surface area contributed by atoms with Crippen LogP contribution in [0.2, 0.25) is 0 Å². The molecule has 4 nitrogen and oxygen atoms in total. The lowest BCUT2D eigenvalue weighted by Gasteiger charge is -2.13. The summed E-state index contributed by atoms with van der Waals surface area (Å²) in [6.45, 7) is 0. The zero-order chi connectivity index (χ0) is 16.2. The van der Waals surface area contributed by atoms with Crippen LogP contribution in [0.25, 0.3) is 22.4 Å². The van der Waals surface area contributed by atoms with Crippen LogP contribution < -0.4 is 5.73 Å². The zero-order valence-electron chi connectivity index (χ0n) is 12.7. The van der Waals surface area contributed by atoms with Crippen molar-refractivity contribution in [1.82, 2.24) is 4.98 Å². The van der Waals surface area contributed by atoms with Crippen LogP contribution in [0.5, 0.6) is 0 Å². The maximum Gasteiger partial charge on any atom is 0.342 e. The number of benzene rings is 2. The van der Waals surface area contributed by atoms with Crippen molar-refractivity contribution in [1.29, 1.82) is 0 Å². The molecule has 2 aromatic carbocycles. The first-order chi connectivity index (χ1) is 11.2. The third-order valence-electron chi connectivity index (χ3n) is 3.59. The number of methoxy groups -OCH3 is 1. The molecule has 3 aromatic rings. The number of hydrogen-bond donors (Lipinski definition) is 1. The van der Waals surface area contributed by atoms with E-state index >= 15 is 0 Å². The number of esters is 1. The van der Waals surface area contributed by atoms with Crippen LogP contribution in [0.4, 0.5) is 5.82 Å². The highest BCUT2D eigenvalue weighted by molar-refractivity contribution is 6.02. The lowest BCUT2D eigenvalue weighted by atomic mass is 9.98. The van der Waals surface area contributed by atoms with Crippen LogP contribution in [0.3, 0.4) is 0 Å². The van der Waals surface area contributed by atoms with E-state index < -0.39 is 5.97 Å². The van der Waals surface area contributed by atoms with Gasteiger partial charge in [0.15, 0.2) is 0 Å². The summed E-state index contributed by atoms with van der Waals surface area (Å²) >= 11 is 0. The number of ether oxygens (including phenoxy) is 1. The van der Waals surface area contributed by atoms with E-state index in [1.807, 2.05) is 66.7 Å². The summed E-state index contributed by atoms with van der Waals surface area (Å²) in [7, 11) is 1.33. The minimum absolute atomic E-state index is 0.164. The smallest absolute Gasteiger partial charge is 0.342 e. The Morgan fingerprint density at radius 3 is 2.09 bits per heavy atom. The Bertz CT molecular complexity index is 831. The van der Waals surface area contributed by atoms with Gasteiger partial charge < -0.3 is 10.5 Å². The molecule has 0 fully saturated rings. The van der Waals surface area contributed by atoms with Crippen molar-refractivity contribution >= 4 is 11.8 Å². The van der Waals surface area contributed by atoms with Gasteiger partial charge in [0.1, 0.15) is 11.4 Å². The number of carbonyl (C=O) groups is 1. The minimum Gasteiger partial charge on any atom is -0.465 e. The molecular weight excluding hydrogens is 288 g/mol. The Morgan fingerprint density at radius 2 is 1.52 bits per heavy atom. The number of nitrogens with two attached hydrogens (primary N) is 1. The van der Waals surface area contributed by atoms with Crippen molar-refractivity contribution in [3.05, 3.63) is 72.3 Å². The fourth-order valence-corrected chi connectivity index (χ4v) is 2.48. The molecular formula is C19H16N2O2. The van der Waals surface area contributed by atoms with E-state index in [2.05, 4.69) is 4.98 Å². The molecule has 2 N–H and O–H groups in total. The quantitative estimate of drug-likeness (QED) is 0.748. The monoisotopic (exact) mass is 304 g/mol. The number of nitrogens with zero attached hydrogens (tertiary/aromatic N) is 1. The molecule has 0 aliphatic rings. The maximum absolute atomic E-state index is 12.1. The lowest BCUT2D eigenvalue weighted by molar-refractivity contribution is 0.0602. The highest BCUT2D eigenvalue weighted by atomic mass is 16.5. The van der Waals surface area contributed by atoms with Crippen molar-refractivity contribution in [2.45, 2.75) is 0 Å². The van der Waals surface area contributed by atoms with E-state index in [1.165, 1.54) is 7.11 Å². The Hall–Kier alpha value is -3.14. The zero-order valence-corrected chi connectivity index (χ0v) is 12.7. The molecule has 0 saturated heterocycles. The number of hydrogen-bond acceptors (Lipinski definition) is 4. The summed E-state index contributed by atoms with van der Waals surface area (Å²) in [6.07, 6.45) is 0. The number of rotatable bonds is 3. The summed E-state index contributed by atoms with van der Waals surface area (Å²) in [4.78, 5) is 16.5. The summed E-state index contributed by atoms with van der Waals surface area (Å²) in [5.74, 6) is -0.328. The van der Waals surface area contributed by atoms with Gasteiger partial charge in [-0.3, -0.25) is 0 Å². The first kappa shape index (κ1) is 14.8.